The fourth-order valence-electron chi connectivity index (χ4n) is 1.45. The lowest BCUT2D eigenvalue weighted by Crippen LogP contribution is -1.91. The van der Waals surface area contributed by atoms with Gasteiger partial charge in [0.15, 0.2) is 0 Å². The van der Waals surface area contributed by atoms with Crippen LogP contribution in [0.5, 0.6) is 0 Å². The highest BCUT2D eigenvalue weighted by Crippen LogP contribution is 2.19. The van der Waals surface area contributed by atoms with Crippen LogP contribution in [0.2, 0.25) is 0 Å². The number of benzene rings is 2. The molecule has 0 saturated carbocycles. The lowest BCUT2D eigenvalue weighted by Gasteiger charge is -2.03. The van der Waals surface area contributed by atoms with Crippen molar-refractivity contribution >= 4 is 11.4 Å². The zero-order valence-corrected chi connectivity index (χ0v) is 11.1. The molecule has 4 heteroatoms. The number of hydrogen-bond donors (Lipinski definition) is 1. The minimum absolute atomic E-state index is 0.168. The van der Waals surface area contributed by atoms with Gasteiger partial charge in [-0.15, -0.1) is 0 Å². The number of nitro benzene ring substituents is 1. The normalized spacial score (nSPS) is 9.63. The highest BCUT2D eigenvalue weighted by Gasteiger charge is 2.06. The maximum absolute atomic E-state index is 10.4. The summed E-state index contributed by atoms with van der Waals surface area (Å²) >= 11 is 0. The molecule has 0 aliphatic carbocycles. The van der Waals surface area contributed by atoms with E-state index < -0.39 is 0 Å². The van der Waals surface area contributed by atoms with Crippen LogP contribution in [-0.2, 0) is 0 Å². The van der Waals surface area contributed by atoms with E-state index in [-0.39, 0.29) is 10.6 Å². The number of hydrogen-bond acceptors (Lipinski definition) is 3. The number of anilines is 1. The summed E-state index contributed by atoms with van der Waals surface area (Å²) < 4.78 is 0. The van der Waals surface area contributed by atoms with Crippen LogP contribution in [0, 0.1) is 10.1 Å². The van der Waals surface area contributed by atoms with E-state index in [0.717, 1.165) is 11.3 Å². The summed E-state index contributed by atoms with van der Waals surface area (Å²) in [4.78, 5) is 10.0. The van der Waals surface area contributed by atoms with Crippen LogP contribution in [0.1, 0.15) is 25.3 Å². The van der Waals surface area contributed by atoms with E-state index >= 15 is 0 Å². The second-order valence-corrected chi connectivity index (χ2v) is 4.42. The monoisotopic (exact) mass is 258 g/mol. The van der Waals surface area contributed by atoms with E-state index in [4.69, 9.17) is 5.73 Å². The Balaban J connectivity index is 0.000000218. The second kappa shape index (κ2) is 7.16. The Labute approximate surface area is 113 Å². The Morgan fingerprint density at radius 3 is 2.11 bits per heavy atom. The van der Waals surface area contributed by atoms with Crippen molar-refractivity contribution in [3.8, 4) is 0 Å². The molecule has 2 aromatic carbocycles. The van der Waals surface area contributed by atoms with Gasteiger partial charge in [0, 0.05) is 17.8 Å². The molecule has 0 saturated heterocycles. The van der Waals surface area contributed by atoms with Gasteiger partial charge in [-0.2, -0.15) is 0 Å². The Morgan fingerprint density at radius 2 is 1.68 bits per heavy atom. The lowest BCUT2D eigenvalue weighted by molar-refractivity contribution is -0.384. The van der Waals surface area contributed by atoms with Gasteiger partial charge < -0.3 is 5.73 Å². The predicted octanol–water partition coefficient (Wildman–Crippen LogP) is 3.99. The highest BCUT2D eigenvalue weighted by molar-refractivity contribution is 5.36. The van der Waals surface area contributed by atoms with Crippen molar-refractivity contribution in [2.75, 3.05) is 5.73 Å². The number of para-hydroxylation sites is 1. The van der Waals surface area contributed by atoms with Gasteiger partial charge in [-0.05, 0) is 23.6 Å². The molecule has 4 nitrogen and oxygen atoms in total. The van der Waals surface area contributed by atoms with Gasteiger partial charge >= 0.3 is 0 Å². The van der Waals surface area contributed by atoms with Crippen LogP contribution in [0.4, 0.5) is 11.4 Å². The molecule has 2 aromatic rings. The van der Waals surface area contributed by atoms with Crippen molar-refractivity contribution in [2.24, 2.45) is 0 Å². The van der Waals surface area contributed by atoms with E-state index in [1.807, 2.05) is 50.2 Å². The minimum Gasteiger partial charge on any atom is -0.399 e. The van der Waals surface area contributed by atoms with Gasteiger partial charge in [0.2, 0.25) is 0 Å². The van der Waals surface area contributed by atoms with Gasteiger partial charge in [-0.25, -0.2) is 0 Å². The third-order valence-electron chi connectivity index (χ3n) is 2.55. The average Bonchev–Trinajstić information content (AvgIpc) is 2.40. The molecular weight excluding hydrogens is 240 g/mol. The zero-order valence-electron chi connectivity index (χ0n) is 11.1. The van der Waals surface area contributed by atoms with E-state index in [1.54, 1.807) is 12.1 Å². The summed E-state index contributed by atoms with van der Waals surface area (Å²) in [5, 5.41) is 10.4. The molecule has 0 aliphatic rings. The first-order valence-corrected chi connectivity index (χ1v) is 6.05. The maximum atomic E-state index is 10.4. The molecule has 0 atom stereocenters. The van der Waals surface area contributed by atoms with Gasteiger partial charge in [0.05, 0.1) is 4.92 Å². The number of rotatable bonds is 2. The van der Waals surface area contributed by atoms with E-state index in [2.05, 4.69) is 0 Å². The fraction of sp³-hybridized carbons (Fsp3) is 0.200. The first-order chi connectivity index (χ1) is 9.00. The molecule has 0 spiro atoms. The SMILES string of the molecule is CC(C)c1cccc([N+](=O)[O-])c1.Nc1ccccc1. The Morgan fingerprint density at radius 1 is 1.05 bits per heavy atom. The Bertz CT molecular complexity index is 525. The van der Waals surface area contributed by atoms with Crippen molar-refractivity contribution in [3.63, 3.8) is 0 Å². The number of non-ortho nitro benzene ring substituents is 1. The van der Waals surface area contributed by atoms with Crippen LogP contribution >= 0.6 is 0 Å². The molecule has 0 radical (unpaired) electrons. The fourth-order valence-corrected chi connectivity index (χ4v) is 1.45. The second-order valence-electron chi connectivity index (χ2n) is 4.42. The third-order valence-corrected chi connectivity index (χ3v) is 2.55. The van der Waals surface area contributed by atoms with E-state index in [9.17, 15) is 10.1 Å². The van der Waals surface area contributed by atoms with Crippen molar-refractivity contribution in [1.82, 2.24) is 0 Å². The van der Waals surface area contributed by atoms with E-state index in [1.165, 1.54) is 6.07 Å². The molecule has 0 heterocycles. The highest BCUT2D eigenvalue weighted by atomic mass is 16.6. The Kier molecular flexibility index (Phi) is 5.54. The Hall–Kier alpha value is -2.36. The number of nitro groups is 1. The molecule has 0 bridgehead atoms. The smallest absolute Gasteiger partial charge is 0.269 e. The number of nitrogens with zero attached hydrogens (tertiary/aromatic N) is 1. The standard InChI is InChI=1S/C9H11NO2.C6H7N/c1-7(2)8-4-3-5-9(6-8)10(11)12;7-6-4-2-1-3-5-6/h3-7H,1-2H3;1-5H,7H2. The van der Waals surface area contributed by atoms with Crippen LogP contribution in [0.25, 0.3) is 0 Å². The van der Waals surface area contributed by atoms with Crippen LogP contribution in [0.3, 0.4) is 0 Å². The molecule has 0 aliphatic heterocycles. The lowest BCUT2D eigenvalue weighted by atomic mass is 10.0. The molecule has 19 heavy (non-hydrogen) atoms. The van der Waals surface area contributed by atoms with Crippen LogP contribution in [0.15, 0.2) is 54.6 Å². The van der Waals surface area contributed by atoms with Crippen molar-refractivity contribution in [3.05, 3.63) is 70.3 Å². The molecule has 0 unspecified atom stereocenters. The van der Waals surface area contributed by atoms with Gasteiger partial charge in [-0.3, -0.25) is 10.1 Å². The molecule has 2 rings (SSSR count). The summed E-state index contributed by atoms with van der Waals surface area (Å²) in [7, 11) is 0. The van der Waals surface area contributed by atoms with Crippen molar-refractivity contribution < 1.29 is 4.92 Å². The predicted molar refractivity (Wildman–Crippen MR) is 78.0 cm³/mol. The molecule has 0 amide bonds. The zero-order chi connectivity index (χ0) is 14.3. The molecule has 2 N–H and O–H groups in total. The maximum Gasteiger partial charge on any atom is 0.269 e. The quantitative estimate of drug-likeness (QED) is 0.503. The first kappa shape index (κ1) is 14.7. The van der Waals surface area contributed by atoms with Gasteiger partial charge in [-0.1, -0.05) is 44.2 Å². The van der Waals surface area contributed by atoms with Gasteiger partial charge in [0.25, 0.3) is 5.69 Å². The largest absolute Gasteiger partial charge is 0.399 e. The molecular formula is C15H18N2O2. The van der Waals surface area contributed by atoms with Crippen molar-refractivity contribution in [1.29, 1.82) is 0 Å². The summed E-state index contributed by atoms with van der Waals surface area (Å²) in [6.45, 7) is 4.03. The number of nitrogens with two attached hydrogens (primary N) is 1. The molecule has 0 aromatic heterocycles. The average molecular weight is 258 g/mol. The summed E-state index contributed by atoms with van der Waals surface area (Å²) in [5.74, 6) is 0.338. The minimum atomic E-state index is -0.369. The van der Waals surface area contributed by atoms with Gasteiger partial charge in [0.1, 0.15) is 0 Å². The number of nitrogen functional groups attached to an aromatic ring is 1. The third kappa shape index (κ3) is 5.21. The first-order valence-electron chi connectivity index (χ1n) is 6.05. The van der Waals surface area contributed by atoms with Crippen molar-refractivity contribution in [2.45, 2.75) is 19.8 Å². The van der Waals surface area contributed by atoms with Crippen LogP contribution < -0.4 is 5.73 Å². The van der Waals surface area contributed by atoms with Crippen LogP contribution in [-0.4, -0.2) is 4.92 Å². The summed E-state index contributed by atoms with van der Waals surface area (Å²) in [5.41, 5.74) is 7.35. The summed E-state index contributed by atoms with van der Waals surface area (Å²) in [6, 6.07) is 16.2. The molecule has 0 fully saturated rings. The topological polar surface area (TPSA) is 69.2 Å². The van der Waals surface area contributed by atoms with E-state index in [0.29, 0.717) is 5.92 Å². The summed E-state index contributed by atoms with van der Waals surface area (Å²) in [6.07, 6.45) is 0. The molecule has 100 valence electrons.